The van der Waals surface area contributed by atoms with Crippen LogP contribution in [-0.2, 0) is 17.6 Å². The summed E-state index contributed by atoms with van der Waals surface area (Å²) < 4.78 is 0. The first-order chi connectivity index (χ1) is 8.57. The molecule has 2 rings (SSSR count). The van der Waals surface area contributed by atoms with Crippen molar-refractivity contribution < 1.29 is 15.0 Å². The number of carbonyl (C=O) groups is 1. The zero-order chi connectivity index (χ0) is 13.2. The largest absolute Gasteiger partial charge is 0.481 e. The molecule has 0 radical (unpaired) electrons. The van der Waals surface area contributed by atoms with E-state index >= 15 is 0 Å². The molecule has 0 amide bonds. The molecule has 1 aliphatic rings. The molecule has 0 aliphatic heterocycles. The van der Waals surface area contributed by atoms with E-state index in [9.17, 15) is 15.0 Å². The van der Waals surface area contributed by atoms with Crippen molar-refractivity contribution in [1.82, 2.24) is 0 Å². The summed E-state index contributed by atoms with van der Waals surface area (Å²) in [6, 6.07) is 7.99. The highest BCUT2D eigenvalue weighted by Crippen LogP contribution is 2.36. The van der Waals surface area contributed by atoms with Crippen molar-refractivity contribution in [2.75, 3.05) is 0 Å². The fraction of sp³-hybridized carbons (Fsp3) is 0.533. The molecule has 1 aliphatic carbocycles. The summed E-state index contributed by atoms with van der Waals surface area (Å²) in [6.07, 6.45) is 3.08. The van der Waals surface area contributed by atoms with E-state index in [4.69, 9.17) is 0 Å². The molecule has 2 unspecified atom stereocenters. The lowest BCUT2D eigenvalue weighted by molar-refractivity contribution is -0.153. The Kier molecular flexibility index (Phi) is 3.71. The summed E-state index contributed by atoms with van der Waals surface area (Å²) in [4.78, 5) is 11.3. The summed E-state index contributed by atoms with van der Waals surface area (Å²) in [5.74, 6) is -1.53. The van der Waals surface area contributed by atoms with Gasteiger partial charge in [0.25, 0.3) is 0 Å². The minimum Gasteiger partial charge on any atom is -0.481 e. The average molecular weight is 248 g/mol. The van der Waals surface area contributed by atoms with Crippen LogP contribution in [-0.4, -0.2) is 21.8 Å². The Labute approximate surface area is 107 Å². The van der Waals surface area contributed by atoms with Gasteiger partial charge in [0.1, 0.15) is 0 Å². The zero-order valence-corrected chi connectivity index (χ0v) is 10.7. The number of hydrogen-bond donors (Lipinski definition) is 2. The van der Waals surface area contributed by atoms with Gasteiger partial charge in [0.2, 0.25) is 0 Å². The van der Waals surface area contributed by atoms with Crippen LogP contribution in [0.4, 0.5) is 0 Å². The number of aliphatic carboxylic acids is 1. The third-order valence-corrected chi connectivity index (χ3v) is 3.97. The molecular weight excluding hydrogens is 228 g/mol. The maximum absolute atomic E-state index is 11.3. The fourth-order valence-corrected chi connectivity index (χ4v) is 2.95. The van der Waals surface area contributed by atoms with Gasteiger partial charge in [-0.3, -0.25) is 4.79 Å². The highest BCUT2D eigenvalue weighted by Gasteiger charge is 2.42. The normalized spacial score (nSPS) is 24.3. The molecule has 1 aromatic rings. The van der Waals surface area contributed by atoms with Crippen LogP contribution in [0.3, 0.4) is 0 Å². The minimum atomic E-state index is -1.09. The number of rotatable bonds is 4. The Balaban J connectivity index is 2.25. The fourth-order valence-electron chi connectivity index (χ4n) is 2.95. The second-order valence-electron chi connectivity index (χ2n) is 5.23. The van der Waals surface area contributed by atoms with E-state index in [0.717, 1.165) is 18.4 Å². The van der Waals surface area contributed by atoms with E-state index < -0.39 is 17.5 Å². The smallest absolute Gasteiger partial charge is 0.309 e. The Hall–Kier alpha value is -1.35. The van der Waals surface area contributed by atoms with Crippen molar-refractivity contribution in [3.8, 4) is 0 Å². The van der Waals surface area contributed by atoms with Crippen LogP contribution in [0.1, 0.15) is 37.3 Å². The van der Waals surface area contributed by atoms with Gasteiger partial charge in [0.15, 0.2) is 0 Å². The molecule has 0 heterocycles. The Morgan fingerprint density at radius 3 is 2.67 bits per heavy atom. The molecular formula is C15H20O3. The number of benzene rings is 1. The highest BCUT2D eigenvalue weighted by atomic mass is 16.4. The van der Waals surface area contributed by atoms with E-state index in [1.807, 2.05) is 25.1 Å². The molecule has 1 aromatic carbocycles. The first kappa shape index (κ1) is 13.1. The highest BCUT2D eigenvalue weighted by molar-refractivity contribution is 5.71. The molecule has 0 fully saturated rings. The third-order valence-electron chi connectivity index (χ3n) is 3.97. The Bertz CT molecular complexity index is 441. The van der Waals surface area contributed by atoms with Crippen LogP contribution in [0.15, 0.2) is 24.3 Å². The van der Waals surface area contributed by atoms with Gasteiger partial charge in [-0.2, -0.15) is 0 Å². The average Bonchev–Trinajstić information content (AvgIpc) is 2.35. The second-order valence-corrected chi connectivity index (χ2v) is 5.23. The minimum absolute atomic E-state index is 0.458. The van der Waals surface area contributed by atoms with Gasteiger partial charge < -0.3 is 10.2 Å². The number of aliphatic hydroxyl groups is 1. The van der Waals surface area contributed by atoms with Crippen molar-refractivity contribution >= 4 is 5.97 Å². The lowest BCUT2D eigenvalue weighted by atomic mass is 9.72. The molecule has 3 heteroatoms. The maximum Gasteiger partial charge on any atom is 0.309 e. The summed E-state index contributed by atoms with van der Waals surface area (Å²) in [7, 11) is 0. The van der Waals surface area contributed by atoms with Gasteiger partial charge in [-0.05, 0) is 30.4 Å². The lowest BCUT2D eigenvalue weighted by Crippen LogP contribution is -2.46. The number of carboxylic acid groups (broad SMARTS) is 1. The predicted octanol–water partition coefficient (Wildman–Crippen LogP) is 2.41. The monoisotopic (exact) mass is 248 g/mol. The molecule has 0 saturated carbocycles. The van der Waals surface area contributed by atoms with E-state index in [1.54, 1.807) is 0 Å². The maximum atomic E-state index is 11.3. The number of fused-ring (bicyclic) bond motifs is 1. The van der Waals surface area contributed by atoms with Gasteiger partial charge in [-0.1, -0.05) is 37.6 Å². The SMILES string of the molecule is CCCC(C(=O)O)C1(O)CCc2ccccc2C1. The van der Waals surface area contributed by atoms with Crippen LogP contribution < -0.4 is 0 Å². The molecule has 0 spiro atoms. The first-order valence-electron chi connectivity index (χ1n) is 6.59. The topological polar surface area (TPSA) is 57.5 Å². The van der Waals surface area contributed by atoms with Crippen molar-refractivity contribution in [2.45, 2.75) is 44.6 Å². The quantitative estimate of drug-likeness (QED) is 0.860. The van der Waals surface area contributed by atoms with Gasteiger partial charge in [0.05, 0.1) is 11.5 Å². The Morgan fingerprint density at radius 2 is 2.06 bits per heavy atom. The van der Waals surface area contributed by atoms with Gasteiger partial charge in [-0.15, -0.1) is 0 Å². The van der Waals surface area contributed by atoms with Gasteiger partial charge in [0, 0.05) is 6.42 Å². The number of aryl methyl sites for hydroxylation is 1. The molecule has 98 valence electrons. The first-order valence-corrected chi connectivity index (χ1v) is 6.59. The molecule has 18 heavy (non-hydrogen) atoms. The second kappa shape index (κ2) is 5.11. The van der Waals surface area contributed by atoms with E-state index in [0.29, 0.717) is 19.3 Å². The van der Waals surface area contributed by atoms with Crippen LogP contribution in [0.25, 0.3) is 0 Å². The number of carboxylic acids is 1. The van der Waals surface area contributed by atoms with Crippen molar-refractivity contribution in [3.05, 3.63) is 35.4 Å². The number of hydrogen-bond acceptors (Lipinski definition) is 2. The summed E-state index contributed by atoms with van der Waals surface area (Å²) in [5.41, 5.74) is 1.24. The van der Waals surface area contributed by atoms with Crippen LogP contribution in [0.2, 0.25) is 0 Å². The van der Waals surface area contributed by atoms with Crippen LogP contribution in [0.5, 0.6) is 0 Å². The molecule has 2 atom stereocenters. The van der Waals surface area contributed by atoms with Crippen LogP contribution in [0, 0.1) is 5.92 Å². The molecule has 0 aromatic heterocycles. The summed E-state index contributed by atoms with van der Waals surface area (Å²) in [6.45, 7) is 1.95. The van der Waals surface area contributed by atoms with Crippen molar-refractivity contribution in [2.24, 2.45) is 5.92 Å². The molecule has 2 N–H and O–H groups in total. The van der Waals surface area contributed by atoms with E-state index in [1.165, 1.54) is 5.56 Å². The van der Waals surface area contributed by atoms with Crippen molar-refractivity contribution in [3.63, 3.8) is 0 Å². The molecule has 0 saturated heterocycles. The zero-order valence-electron chi connectivity index (χ0n) is 10.7. The van der Waals surface area contributed by atoms with Crippen molar-refractivity contribution in [1.29, 1.82) is 0 Å². The molecule has 3 nitrogen and oxygen atoms in total. The predicted molar refractivity (Wildman–Crippen MR) is 69.5 cm³/mol. The Morgan fingerprint density at radius 1 is 1.39 bits per heavy atom. The standard InChI is InChI=1S/C15H20O3/c1-2-5-13(14(16)17)15(18)9-8-11-6-3-4-7-12(11)10-15/h3-4,6-7,13,18H,2,5,8-10H2,1H3,(H,16,17). The van der Waals surface area contributed by atoms with Crippen LogP contribution >= 0.6 is 0 Å². The van der Waals surface area contributed by atoms with Gasteiger partial charge in [-0.25, -0.2) is 0 Å². The van der Waals surface area contributed by atoms with Gasteiger partial charge >= 0.3 is 5.97 Å². The van der Waals surface area contributed by atoms with E-state index in [-0.39, 0.29) is 0 Å². The summed E-state index contributed by atoms with van der Waals surface area (Å²) >= 11 is 0. The van der Waals surface area contributed by atoms with E-state index in [2.05, 4.69) is 6.07 Å². The summed E-state index contributed by atoms with van der Waals surface area (Å²) in [5, 5.41) is 20.0. The molecule has 0 bridgehead atoms. The lowest BCUT2D eigenvalue weighted by Gasteiger charge is -2.38. The third kappa shape index (κ3) is 2.41.